The molecule has 140 valence electrons. The number of fused-ring (bicyclic) bond motifs is 3. The van der Waals surface area contributed by atoms with Gasteiger partial charge in [-0.2, -0.15) is 5.10 Å². The highest BCUT2D eigenvalue weighted by atomic mass is 79.9. The van der Waals surface area contributed by atoms with E-state index in [2.05, 4.69) is 34.1 Å². The fourth-order valence-corrected chi connectivity index (χ4v) is 4.43. The summed E-state index contributed by atoms with van der Waals surface area (Å²) in [4.78, 5) is 0. The van der Waals surface area contributed by atoms with Gasteiger partial charge in [-0.3, -0.25) is 0 Å². The first-order chi connectivity index (χ1) is 13.6. The summed E-state index contributed by atoms with van der Waals surface area (Å²) in [6.45, 7) is 0. The van der Waals surface area contributed by atoms with Gasteiger partial charge in [0.1, 0.15) is 5.75 Å². The van der Waals surface area contributed by atoms with E-state index in [9.17, 15) is 0 Å². The minimum Gasteiger partial charge on any atom is -0.464 e. The highest BCUT2D eigenvalue weighted by molar-refractivity contribution is 9.10. The van der Waals surface area contributed by atoms with Crippen molar-refractivity contribution in [2.24, 2.45) is 5.10 Å². The molecule has 0 fully saturated rings. The van der Waals surface area contributed by atoms with Crippen molar-refractivity contribution in [2.45, 2.75) is 18.7 Å². The third kappa shape index (κ3) is 3.10. The molecule has 3 aromatic carbocycles. The van der Waals surface area contributed by atoms with Crippen molar-refractivity contribution in [1.82, 2.24) is 5.01 Å². The number of nitrogens with zero attached hydrogens (tertiary/aromatic N) is 2. The molecule has 2 aliphatic heterocycles. The van der Waals surface area contributed by atoms with Gasteiger partial charge in [0.05, 0.1) is 21.8 Å². The van der Waals surface area contributed by atoms with Crippen molar-refractivity contribution >= 4 is 44.8 Å². The molecule has 28 heavy (non-hydrogen) atoms. The smallest absolute Gasteiger partial charge is 0.213 e. The second-order valence-corrected chi connectivity index (χ2v) is 8.57. The van der Waals surface area contributed by atoms with Crippen LogP contribution in [-0.2, 0) is 0 Å². The van der Waals surface area contributed by atoms with E-state index in [0.29, 0.717) is 10.0 Å². The Morgan fingerprint density at radius 3 is 2.57 bits per heavy atom. The topological polar surface area (TPSA) is 24.8 Å². The molecule has 0 radical (unpaired) electrons. The van der Waals surface area contributed by atoms with E-state index in [1.165, 1.54) is 0 Å². The number of hydrogen-bond acceptors (Lipinski definition) is 3. The van der Waals surface area contributed by atoms with Gasteiger partial charge in [0.25, 0.3) is 0 Å². The van der Waals surface area contributed by atoms with Crippen molar-refractivity contribution in [3.05, 3.63) is 97.9 Å². The molecule has 2 aliphatic rings. The molecule has 0 unspecified atom stereocenters. The van der Waals surface area contributed by atoms with Crippen LogP contribution in [0, 0.1) is 0 Å². The SMILES string of the molecule is Clc1ccc([C@H]2Oc3ccc(Br)cc3[C@@H]3CC(c4ccccc4)=NN23)cc1Cl. The van der Waals surface area contributed by atoms with Crippen LogP contribution in [0.15, 0.2) is 76.3 Å². The second kappa shape index (κ2) is 7.11. The largest absolute Gasteiger partial charge is 0.464 e. The van der Waals surface area contributed by atoms with Gasteiger partial charge in [0, 0.05) is 22.0 Å². The Balaban J connectivity index is 1.62. The molecule has 0 aliphatic carbocycles. The van der Waals surface area contributed by atoms with Crippen LogP contribution >= 0.6 is 39.1 Å². The van der Waals surface area contributed by atoms with Crippen LogP contribution < -0.4 is 4.74 Å². The van der Waals surface area contributed by atoms with Crippen LogP contribution in [0.3, 0.4) is 0 Å². The molecule has 0 saturated carbocycles. The summed E-state index contributed by atoms with van der Waals surface area (Å²) in [5, 5.41) is 8.02. The molecule has 0 bridgehead atoms. The van der Waals surface area contributed by atoms with E-state index >= 15 is 0 Å². The minimum absolute atomic E-state index is 0.0934. The third-order valence-electron chi connectivity index (χ3n) is 5.09. The fraction of sp³-hybridized carbons (Fsp3) is 0.136. The first kappa shape index (κ1) is 18.0. The summed E-state index contributed by atoms with van der Waals surface area (Å²) in [5.41, 5.74) is 4.22. The molecule has 0 saturated heterocycles. The summed E-state index contributed by atoms with van der Waals surface area (Å²) in [6.07, 6.45) is 0.448. The zero-order chi connectivity index (χ0) is 19.3. The molecule has 3 aromatic rings. The lowest BCUT2D eigenvalue weighted by Gasteiger charge is -2.38. The van der Waals surface area contributed by atoms with E-state index < -0.39 is 0 Å². The lowest BCUT2D eigenvalue weighted by Crippen LogP contribution is -2.33. The minimum atomic E-state index is -0.366. The Morgan fingerprint density at radius 2 is 1.79 bits per heavy atom. The van der Waals surface area contributed by atoms with E-state index in [0.717, 1.165) is 39.0 Å². The number of hydrogen-bond donors (Lipinski definition) is 0. The van der Waals surface area contributed by atoms with Crippen LogP contribution in [0.25, 0.3) is 0 Å². The average molecular weight is 474 g/mol. The van der Waals surface area contributed by atoms with Gasteiger partial charge >= 0.3 is 0 Å². The van der Waals surface area contributed by atoms with Crippen LogP contribution in [0.4, 0.5) is 0 Å². The lowest BCUT2D eigenvalue weighted by molar-refractivity contribution is -0.0190. The van der Waals surface area contributed by atoms with E-state index in [1.54, 1.807) is 6.07 Å². The number of rotatable bonds is 2. The molecule has 2 atom stereocenters. The Morgan fingerprint density at radius 1 is 0.964 bits per heavy atom. The van der Waals surface area contributed by atoms with E-state index in [-0.39, 0.29) is 12.3 Å². The number of ether oxygens (including phenoxy) is 1. The maximum absolute atomic E-state index is 6.36. The van der Waals surface area contributed by atoms with Crippen molar-refractivity contribution in [3.63, 3.8) is 0 Å². The van der Waals surface area contributed by atoms with E-state index in [1.807, 2.05) is 47.5 Å². The van der Waals surface area contributed by atoms with Crippen LogP contribution in [0.1, 0.15) is 35.4 Å². The van der Waals surface area contributed by atoms with Crippen molar-refractivity contribution < 1.29 is 4.74 Å². The molecule has 0 spiro atoms. The lowest BCUT2D eigenvalue weighted by atomic mass is 9.96. The Labute approximate surface area is 181 Å². The highest BCUT2D eigenvalue weighted by Gasteiger charge is 2.41. The Bertz CT molecular complexity index is 1090. The molecule has 0 aromatic heterocycles. The quantitative estimate of drug-likeness (QED) is 0.400. The molecule has 0 amide bonds. The van der Waals surface area contributed by atoms with Gasteiger partial charge in [-0.15, -0.1) is 0 Å². The van der Waals surface area contributed by atoms with Crippen LogP contribution in [0.2, 0.25) is 10.0 Å². The Kier molecular flexibility index (Phi) is 4.58. The summed E-state index contributed by atoms with van der Waals surface area (Å²) in [5.74, 6) is 0.866. The van der Waals surface area contributed by atoms with Crippen molar-refractivity contribution in [2.75, 3.05) is 0 Å². The molecular formula is C22H15BrCl2N2O. The van der Waals surface area contributed by atoms with Crippen molar-refractivity contribution in [3.8, 4) is 5.75 Å². The van der Waals surface area contributed by atoms with Crippen molar-refractivity contribution in [1.29, 1.82) is 0 Å². The van der Waals surface area contributed by atoms with E-state index in [4.69, 9.17) is 33.0 Å². The molecule has 3 nitrogen and oxygen atoms in total. The monoisotopic (exact) mass is 472 g/mol. The normalized spacial score (nSPS) is 20.2. The molecular weight excluding hydrogens is 459 g/mol. The molecule has 2 heterocycles. The zero-order valence-electron chi connectivity index (χ0n) is 14.6. The van der Waals surface area contributed by atoms with Crippen LogP contribution in [-0.4, -0.2) is 10.7 Å². The molecule has 5 rings (SSSR count). The zero-order valence-corrected chi connectivity index (χ0v) is 17.7. The predicted octanol–water partition coefficient (Wildman–Crippen LogP) is 7.00. The summed E-state index contributed by atoms with van der Waals surface area (Å²) < 4.78 is 7.39. The predicted molar refractivity (Wildman–Crippen MR) is 116 cm³/mol. The molecule has 0 N–H and O–H groups in total. The standard InChI is InChI=1S/C22H15BrCl2N2O/c23-15-7-9-21-16(11-15)20-12-19(13-4-2-1-3-5-13)26-27(20)22(28-21)14-6-8-17(24)18(25)10-14/h1-11,20,22H,12H2/t20-,22+/m0/s1. The number of halogens is 3. The van der Waals surface area contributed by atoms with Gasteiger partial charge in [-0.05, 0) is 35.9 Å². The average Bonchev–Trinajstić information content (AvgIpc) is 3.16. The maximum atomic E-state index is 6.36. The van der Waals surface area contributed by atoms with Crippen LogP contribution in [0.5, 0.6) is 5.75 Å². The fourth-order valence-electron chi connectivity index (χ4n) is 3.75. The van der Waals surface area contributed by atoms with Gasteiger partial charge in [0.2, 0.25) is 6.23 Å². The first-order valence-electron chi connectivity index (χ1n) is 8.92. The summed E-state index contributed by atoms with van der Waals surface area (Å²) in [7, 11) is 0. The number of benzene rings is 3. The maximum Gasteiger partial charge on any atom is 0.213 e. The second-order valence-electron chi connectivity index (χ2n) is 6.84. The Hall–Kier alpha value is -2.01. The first-order valence-corrected chi connectivity index (χ1v) is 10.5. The highest BCUT2D eigenvalue weighted by Crippen LogP contribution is 2.48. The van der Waals surface area contributed by atoms with Gasteiger partial charge in [-0.1, -0.05) is 75.5 Å². The van der Waals surface area contributed by atoms with Gasteiger partial charge in [-0.25, -0.2) is 5.01 Å². The summed E-state index contributed by atoms with van der Waals surface area (Å²) >= 11 is 16.0. The van der Waals surface area contributed by atoms with Gasteiger partial charge in [0.15, 0.2) is 0 Å². The van der Waals surface area contributed by atoms with Gasteiger partial charge < -0.3 is 4.74 Å². The summed E-state index contributed by atoms with van der Waals surface area (Å²) in [6, 6.07) is 22.1. The molecule has 6 heteroatoms. The number of hydrazone groups is 1. The third-order valence-corrected chi connectivity index (χ3v) is 6.32.